The van der Waals surface area contributed by atoms with E-state index in [1.54, 1.807) is 18.0 Å². The second-order valence-corrected chi connectivity index (χ2v) is 9.09. The van der Waals surface area contributed by atoms with Crippen molar-refractivity contribution in [1.29, 1.82) is 0 Å². The Morgan fingerprint density at radius 3 is 2.62 bits per heavy atom. The number of aryl methyl sites for hydroxylation is 1. The van der Waals surface area contributed by atoms with Crippen LogP contribution in [0.4, 0.5) is 0 Å². The standard InChI is InChI=1S/C22H28ClN3O3/c1-21(2,3)20-24-18(29-25-20)12-13-19(28)26(4)22(14-8-7-11-17(22)27)15-9-5-6-10-16(15)23/h5-6,9-10H,7-8,11-14H2,1-4H3. The van der Waals surface area contributed by atoms with E-state index in [0.29, 0.717) is 41.6 Å². The van der Waals surface area contributed by atoms with Gasteiger partial charge in [0.15, 0.2) is 11.6 Å². The van der Waals surface area contributed by atoms with Crippen LogP contribution in [-0.2, 0) is 27.0 Å². The Morgan fingerprint density at radius 1 is 1.28 bits per heavy atom. The van der Waals surface area contributed by atoms with Crippen molar-refractivity contribution in [3.05, 3.63) is 46.6 Å². The van der Waals surface area contributed by atoms with Crippen LogP contribution in [0.2, 0.25) is 5.02 Å². The molecule has 1 amide bonds. The topological polar surface area (TPSA) is 76.3 Å². The first-order valence-electron chi connectivity index (χ1n) is 10.0. The van der Waals surface area contributed by atoms with Crippen LogP contribution < -0.4 is 0 Å². The van der Waals surface area contributed by atoms with Gasteiger partial charge in [-0.15, -0.1) is 0 Å². The third-order valence-electron chi connectivity index (χ3n) is 5.61. The molecule has 0 saturated heterocycles. The predicted octanol–water partition coefficient (Wildman–Crippen LogP) is 4.45. The molecule has 156 valence electrons. The van der Waals surface area contributed by atoms with Crippen molar-refractivity contribution >= 4 is 23.3 Å². The molecule has 1 fully saturated rings. The highest BCUT2D eigenvalue weighted by Crippen LogP contribution is 2.42. The summed E-state index contributed by atoms with van der Waals surface area (Å²) in [6.07, 6.45) is 3.24. The largest absolute Gasteiger partial charge is 0.339 e. The minimum Gasteiger partial charge on any atom is -0.339 e. The molecule has 1 saturated carbocycles. The summed E-state index contributed by atoms with van der Waals surface area (Å²) in [5.74, 6) is 0.943. The molecule has 1 heterocycles. The van der Waals surface area contributed by atoms with Crippen molar-refractivity contribution < 1.29 is 14.1 Å². The summed E-state index contributed by atoms with van der Waals surface area (Å²) in [6, 6.07) is 7.31. The fourth-order valence-electron chi connectivity index (χ4n) is 3.89. The molecule has 7 heteroatoms. The summed E-state index contributed by atoms with van der Waals surface area (Å²) >= 11 is 6.46. The third-order valence-corrected chi connectivity index (χ3v) is 5.94. The van der Waals surface area contributed by atoms with Crippen LogP contribution in [0, 0.1) is 0 Å². The van der Waals surface area contributed by atoms with Gasteiger partial charge in [0.05, 0.1) is 0 Å². The molecule has 0 spiro atoms. The molecule has 0 radical (unpaired) electrons. The Kier molecular flexibility index (Phi) is 6.13. The van der Waals surface area contributed by atoms with E-state index in [4.69, 9.17) is 16.1 Å². The van der Waals surface area contributed by atoms with Gasteiger partial charge in [-0.2, -0.15) is 4.98 Å². The van der Waals surface area contributed by atoms with Crippen LogP contribution in [0.15, 0.2) is 28.8 Å². The molecular weight excluding hydrogens is 390 g/mol. The maximum Gasteiger partial charge on any atom is 0.227 e. The molecule has 1 aliphatic carbocycles. The van der Waals surface area contributed by atoms with E-state index in [1.807, 2.05) is 39.0 Å². The van der Waals surface area contributed by atoms with Gasteiger partial charge in [0, 0.05) is 42.3 Å². The highest BCUT2D eigenvalue weighted by atomic mass is 35.5. The monoisotopic (exact) mass is 417 g/mol. The van der Waals surface area contributed by atoms with E-state index in [1.165, 1.54) is 0 Å². The van der Waals surface area contributed by atoms with Gasteiger partial charge in [-0.3, -0.25) is 9.59 Å². The summed E-state index contributed by atoms with van der Waals surface area (Å²) in [6.45, 7) is 6.01. The second kappa shape index (κ2) is 8.27. The molecule has 0 aliphatic heterocycles. The molecule has 3 rings (SSSR count). The molecule has 1 aliphatic rings. The molecule has 0 N–H and O–H groups in total. The van der Waals surface area contributed by atoms with E-state index in [9.17, 15) is 9.59 Å². The molecule has 6 nitrogen and oxygen atoms in total. The zero-order chi connectivity index (χ0) is 21.2. The van der Waals surface area contributed by atoms with E-state index in [-0.39, 0.29) is 23.5 Å². The number of rotatable bonds is 5. The SMILES string of the molecule is CN(C(=O)CCc1nc(C(C)(C)C)no1)C1(c2ccccc2Cl)CCCCC1=O. The van der Waals surface area contributed by atoms with Gasteiger partial charge in [-0.25, -0.2) is 0 Å². The minimum atomic E-state index is -1.01. The number of benzene rings is 1. The summed E-state index contributed by atoms with van der Waals surface area (Å²) in [5.41, 5.74) is -0.528. The molecular formula is C22H28ClN3O3. The maximum atomic E-state index is 13.1. The van der Waals surface area contributed by atoms with Gasteiger partial charge in [0.1, 0.15) is 5.54 Å². The smallest absolute Gasteiger partial charge is 0.227 e. The lowest BCUT2D eigenvalue weighted by Crippen LogP contribution is -2.54. The zero-order valence-electron chi connectivity index (χ0n) is 17.5. The second-order valence-electron chi connectivity index (χ2n) is 8.68. The van der Waals surface area contributed by atoms with Crippen molar-refractivity contribution in [1.82, 2.24) is 15.0 Å². The van der Waals surface area contributed by atoms with Gasteiger partial charge in [0.2, 0.25) is 11.8 Å². The number of nitrogens with zero attached hydrogens (tertiary/aromatic N) is 3. The van der Waals surface area contributed by atoms with E-state index in [2.05, 4.69) is 10.1 Å². The Morgan fingerprint density at radius 2 is 2.00 bits per heavy atom. The first-order chi connectivity index (χ1) is 13.7. The number of carbonyl (C=O) groups is 2. The number of halogens is 1. The lowest BCUT2D eigenvalue weighted by atomic mass is 9.74. The van der Waals surface area contributed by atoms with Crippen molar-refractivity contribution in [2.45, 2.75) is 70.3 Å². The number of likely N-dealkylation sites (N-methyl/N-ethyl adjacent to an activating group) is 1. The van der Waals surface area contributed by atoms with Crippen molar-refractivity contribution in [3.8, 4) is 0 Å². The maximum absolute atomic E-state index is 13.1. The number of hydrogen-bond donors (Lipinski definition) is 0. The van der Waals surface area contributed by atoms with Crippen LogP contribution in [0.25, 0.3) is 0 Å². The number of Topliss-reactive ketones (excluding diaryl/α,β-unsaturated/α-hetero) is 1. The minimum absolute atomic E-state index is 0.0421. The van der Waals surface area contributed by atoms with Gasteiger partial charge in [0.25, 0.3) is 0 Å². The van der Waals surface area contributed by atoms with Crippen molar-refractivity contribution in [2.75, 3.05) is 7.05 Å². The Hall–Kier alpha value is -2.21. The summed E-state index contributed by atoms with van der Waals surface area (Å²) in [7, 11) is 1.70. The molecule has 29 heavy (non-hydrogen) atoms. The normalized spacial score (nSPS) is 20.0. The number of hydrogen-bond acceptors (Lipinski definition) is 5. The van der Waals surface area contributed by atoms with Gasteiger partial charge in [-0.05, 0) is 25.3 Å². The highest BCUT2D eigenvalue weighted by Gasteiger charge is 2.47. The van der Waals surface area contributed by atoms with Gasteiger partial charge in [-0.1, -0.05) is 55.7 Å². The van der Waals surface area contributed by atoms with Crippen LogP contribution in [0.3, 0.4) is 0 Å². The van der Waals surface area contributed by atoms with Gasteiger partial charge < -0.3 is 9.42 Å². The predicted molar refractivity (Wildman–Crippen MR) is 111 cm³/mol. The Balaban J connectivity index is 1.82. The van der Waals surface area contributed by atoms with E-state index < -0.39 is 5.54 Å². The average Bonchev–Trinajstić information content (AvgIpc) is 3.16. The summed E-state index contributed by atoms with van der Waals surface area (Å²) in [4.78, 5) is 32.2. The average molecular weight is 418 g/mol. The van der Waals surface area contributed by atoms with Crippen molar-refractivity contribution in [2.24, 2.45) is 0 Å². The number of amides is 1. The molecule has 1 aromatic carbocycles. The fraction of sp³-hybridized carbons (Fsp3) is 0.545. The van der Waals surface area contributed by atoms with Gasteiger partial charge >= 0.3 is 0 Å². The van der Waals surface area contributed by atoms with Crippen LogP contribution in [-0.4, -0.2) is 33.8 Å². The summed E-state index contributed by atoms with van der Waals surface area (Å²) in [5, 5.41) is 4.51. The molecule has 2 aromatic rings. The van der Waals surface area contributed by atoms with E-state index >= 15 is 0 Å². The lowest BCUT2D eigenvalue weighted by molar-refractivity contribution is -0.148. The van der Waals surface area contributed by atoms with Crippen LogP contribution >= 0.6 is 11.6 Å². The lowest BCUT2D eigenvalue weighted by Gasteiger charge is -2.44. The number of aromatic nitrogens is 2. The molecule has 1 unspecified atom stereocenters. The van der Waals surface area contributed by atoms with Crippen LogP contribution in [0.5, 0.6) is 0 Å². The summed E-state index contributed by atoms with van der Waals surface area (Å²) < 4.78 is 5.30. The van der Waals surface area contributed by atoms with Crippen LogP contribution in [0.1, 0.15) is 70.2 Å². The third kappa shape index (κ3) is 4.22. The molecule has 1 atom stereocenters. The molecule has 1 aromatic heterocycles. The Labute approximate surface area is 176 Å². The number of ketones is 1. The quantitative estimate of drug-likeness (QED) is 0.718. The zero-order valence-corrected chi connectivity index (χ0v) is 18.3. The highest BCUT2D eigenvalue weighted by molar-refractivity contribution is 6.31. The first-order valence-corrected chi connectivity index (χ1v) is 10.4. The molecule has 0 bridgehead atoms. The fourth-order valence-corrected chi connectivity index (χ4v) is 4.18. The number of carbonyl (C=O) groups excluding carboxylic acids is 2. The van der Waals surface area contributed by atoms with Crippen molar-refractivity contribution in [3.63, 3.8) is 0 Å². The van der Waals surface area contributed by atoms with E-state index in [0.717, 1.165) is 12.8 Å². The Bertz CT molecular complexity index is 903. The first kappa shape index (κ1) is 21.5.